The molecule has 5 nitrogen and oxygen atoms in total. The molecule has 1 aromatic rings. The average Bonchev–Trinajstić information content (AvgIpc) is 2.72. The van der Waals surface area contributed by atoms with Gasteiger partial charge in [0.1, 0.15) is 5.71 Å². The third kappa shape index (κ3) is 4.72. The summed E-state index contributed by atoms with van der Waals surface area (Å²) < 4.78 is 0. The lowest BCUT2D eigenvalue weighted by Gasteiger charge is -2.24. The number of aliphatic imine (C=N–C) groups is 3. The SMILES string of the molecule is CN=C1C=C(c2ccc(C(C)C)cc2)NC(=NCC2CCCNC2)C1=NC. The maximum Gasteiger partial charge on any atom is 0.153 e. The van der Waals surface area contributed by atoms with Crippen LogP contribution in [0.3, 0.4) is 0 Å². The Morgan fingerprint density at radius 3 is 2.48 bits per heavy atom. The molecule has 2 aliphatic heterocycles. The summed E-state index contributed by atoms with van der Waals surface area (Å²) in [6.07, 6.45) is 4.52. The zero-order valence-electron chi connectivity index (χ0n) is 16.9. The molecule has 144 valence electrons. The zero-order chi connectivity index (χ0) is 19.2. The fraction of sp³-hybridized carbons (Fsp3) is 0.500. The number of piperidine rings is 1. The second-order valence-electron chi connectivity index (χ2n) is 7.54. The van der Waals surface area contributed by atoms with E-state index in [-0.39, 0.29) is 0 Å². The first-order valence-electron chi connectivity index (χ1n) is 9.91. The molecule has 0 bridgehead atoms. The summed E-state index contributed by atoms with van der Waals surface area (Å²) in [5.74, 6) is 1.95. The maximum absolute atomic E-state index is 4.89. The van der Waals surface area contributed by atoms with E-state index in [0.717, 1.165) is 48.2 Å². The summed E-state index contributed by atoms with van der Waals surface area (Å²) in [4.78, 5) is 13.8. The van der Waals surface area contributed by atoms with E-state index in [9.17, 15) is 0 Å². The second-order valence-corrected chi connectivity index (χ2v) is 7.54. The number of hydrogen-bond donors (Lipinski definition) is 2. The van der Waals surface area contributed by atoms with Gasteiger partial charge >= 0.3 is 0 Å². The van der Waals surface area contributed by atoms with Crippen molar-refractivity contribution in [3.8, 4) is 0 Å². The van der Waals surface area contributed by atoms with Gasteiger partial charge in [-0.2, -0.15) is 0 Å². The standard InChI is InChI=1S/C22H31N5/c1-15(2)17-7-9-18(10-8-17)19-12-20(23-3)21(24-4)22(27-19)26-14-16-6-5-11-25-13-16/h7-10,12,15-16,25H,5-6,11,13-14H2,1-4H3,(H,26,27). The lowest BCUT2D eigenvalue weighted by atomic mass is 9.98. The number of allylic oxidation sites excluding steroid dienone is 1. The highest BCUT2D eigenvalue weighted by molar-refractivity contribution is 6.72. The van der Waals surface area contributed by atoms with Gasteiger partial charge in [-0.25, -0.2) is 0 Å². The second kappa shape index (κ2) is 9.09. The van der Waals surface area contributed by atoms with Crippen molar-refractivity contribution in [1.82, 2.24) is 10.6 Å². The van der Waals surface area contributed by atoms with E-state index in [1.807, 2.05) is 7.05 Å². The fourth-order valence-corrected chi connectivity index (χ4v) is 3.56. The molecule has 1 aromatic carbocycles. The van der Waals surface area contributed by atoms with Crippen LogP contribution >= 0.6 is 0 Å². The van der Waals surface area contributed by atoms with Crippen molar-refractivity contribution in [2.75, 3.05) is 33.7 Å². The summed E-state index contributed by atoms with van der Waals surface area (Å²) in [5, 5.41) is 6.96. The van der Waals surface area contributed by atoms with Crippen molar-refractivity contribution >= 4 is 23.0 Å². The van der Waals surface area contributed by atoms with Crippen LogP contribution in [0, 0.1) is 5.92 Å². The van der Waals surface area contributed by atoms with Crippen LogP contribution in [0.2, 0.25) is 0 Å². The molecule has 1 fully saturated rings. The predicted octanol–water partition coefficient (Wildman–Crippen LogP) is 3.29. The summed E-state index contributed by atoms with van der Waals surface area (Å²) in [5.41, 5.74) is 5.22. The van der Waals surface area contributed by atoms with Crippen LogP contribution in [0.25, 0.3) is 5.70 Å². The molecule has 5 heteroatoms. The third-order valence-corrected chi connectivity index (χ3v) is 5.26. The summed E-state index contributed by atoms with van der Waals surface area (Å²) >= 11 is 0. The Kier molecular flexibility index (Phi) is 6.56. The first-order chi connectivity index (χ1) is 13.1. The van der Waals surface area contributed by atoms with Gasteiger partial charge in [-0.15, -0.1) is 0 Å². The van der Waals surface area contributed by atoms with Crippen molar-refractivity contribution in [3.63, 3.8) is 0 Å². The molecule has 0 saturated carbocycles. The van der Waals surface area contributed by atoms with Crippen LogP contribution in [0.4, 0.5) is 0 Å². The lowest BCUT2D eigenvalue weighted by molar-refractivity contribution is 0.386. The summed E-state index contributed by atoms with van der Waals surface area (Å²) in [6.45, 7) is 7.40. The van der Waals surface area contributed by atoms with E-state index in [2.05, 4.69) is 64.8 Å². The molecular weight excluding hydrogens is 334 g/mol. The number of rotatable bonds is 4. The molecule has 2 heterocycles. The fourth-order valence-electron chi connectivity index (χ4n) is 3.56. The molecule has 3 rings (SSSR count). The minimum atomic E-state index is 0.528. The number of nitrogens with one attached hydrogen (secondary N) is 2. The molecule has 0 spiro atoms. The van der Waals surface area contributed by atoms with Crippen LogP contribution in [0.1, 0.15) is 43.7 Å². The highest BCUT2D eigenvalue weighted by Gasteiger charge is 2.22. The Labute approximate surface area is 162 Å². The van der Waals surface area contributed by atoms with Crippen LogP contribution in [0.5, 0.6) is 0 Å². The quantitative estimate of drug-likeness (QED) is 0.860. The highest BCUT2D eigenvalue weighted by Crippen LogP contribution is 2.20. The van der Waals surface area contributed by atoms with Crippen LogP contribution in [-0.4, -0.2) is 51.0 Å². The molecule has 0 amide bonds. The monoisotopic (exact) mass is 365 g/mol. The molecule has 2 aliphatic rings. The predicted molar refractivity (Wildman–Crippen MR) is 116 cm³/mol. The Balaban J connectivity index is 1.86. The number of benzene rings is 1. The first kappa shape index (κ1) is 19.5. The van der Waals surface area contributed by atoms with Crippen molar-refractivity contribution in [3.05, 3.63) is 41.5 Å². The first-order valence-corrected chi connectivity index (χ1v) is 9.91. The van der Waals surface area contributed by atoms with E-state index in [1.54, 1.807) is 7.05 Å². The Hall–Kier alpha value is -2.27. The minimum absolute atomic E-state index is 0.528. The van der Waals surface area contributed by atoms with Gasteiger partial charge < -0.3 is 10.6 Å². The molecular formula is C22H31N5. The zero-order valence-corrected chi connectivity index (χ0v) is 16.9. The maximum atomic E-state index is 4.89. The number of nitrogens with zero attached hydrogens (tertiary/aromatic N) is 3. The van der Waals surface area contributed by atoms with E-state index in [0.29, 0.717) is 11.8 Å². The largest absolute Gasteiger partial charge is 0.338 e. The minimum Gasteiger partial charge on any atom is -0.338 e. The van der Waals surface area contributed by atoms with E-state index in [4.69, 9.17) is 4.99 Å². The number of amidine groups is 1. The van der Waals surface area contributed by atoms with Gasteiger partial charge in [0, 0.05) is 26.3 Å². The van der Waals surface area contributed by atoms with E-state index in [1.165, 1.54) is 18.4 Å². The molecule has 0 radical (unpaired) electrons. The molecule has 1 atom stereocenters. The summed E-state index contributed by atoms with van der Waals surface area (Å²) in [6, 6.07) is 8.72. The van der Waals surface area contributed by atoms with E-state index < -0.39 is 0 Å². The topological polar surface area (TPSA) is 61.1 Å². The molecule has 27 heavy (non-hydrogen) atoms. The molecule has 0 aliphatic carbocycles. The smallest absolute Gasteiger partial charge is 0.153 e. The van der Waals surface area contributed by atoms with Crippen molar-refractivity contribution in [2.45, 2.75) is 32.6 Å². The third-order valence-electron chi connectivity index (χ3n) is 5.26. The van der Waals surface area contributed by atoms with Crippen molar-refractivity contribution in [1.29, 1.82) is 0 Å². The lowest BCUT2D eigenvalue weighted by Crippen LogP contribution is -2.40. The van der Waals surface area contributed by atoms with E-state index >= 15 is 0 Å². The van der Waals surface area contributed by atoms with Crippen molar-refractivity contribution in [2.24, 2.45) is 20.9 Å². The van der Waals surface area contributed by atoms with Crippen molar-refractivity contribution < 1.29 is 0 Å². The van der Waals surface area contributed by atoms with Crippen LogP contribution in [-0.2, 0) is 0 Å². The Bertz CT molecular complexity index is 762. The number of hydrogen-bond acceptors (Lipinski definition) is 4. The molecule has 2 N–H and O–H groups in total. The Morgan fingerprint density at radius 1 is 1.11 bits per heavy atom. The molecule has 1 saturated heterocycles. The average molecular weight is 366 g/mol. The van der Waals surface area contributed by atoms with Crippen LogP contribution in [0.15, 0.2) is 45.3 Å². The van der Waals surface area contributed by atoms with Gasteiger partial charge in [0.25, 0.3) is 0 Å². The highest BCUT2D eigenvalue weighted by atomic mass is 15.0. The van der Waals surface area contributed by atoms with Gasteiger partial charge in [0.05, 0.1) is 5.71 Å². The van der Waals surface area contributed by atoms with Gasteiger partial charge in [0.2, 0.25) is 0 Å². The normalized spacial score (nSPS) is 25.1. The van der Waals surface area contributed by atoms with Gasteiger partial charge in [-0.05, 0) is 55.0 Å². The molecule has 1 unspecified atom stereocenters. The van der Waals surface area contributed by atoms with Crippen LogP contribution < -0.4 is 10.6 Å². The Morgan fingerprint density at radius 2 is 1.89 bits per heavy atom. The van der Waals surface area contributed by atoms with Gasteiger partial charge in [-0.3, -0.25) is 15.0 Å². The van der Waals surface area contributed by atoms with Gasteiger partial charge in [0.15, 0.2) is 5.84 Å². The molecule has 0 aromatic heterocycles. The summed E-state index contributed by atoms with van der Waals surface area (Å²) in [7, 11) is 3.61. The van der Waals surface area contributed by atoms with Gasteiger partial charge in [-0.1, -0.05) is 38.1 Å².